The zero-order chi connectivity index (χ0) is 9.72. The van der Waals surface area contributed by atoms with E-state index in [0.717, 1.165) is 0 Å². The van der Waals surface area contributed by atoms with Crippen LogP contribution in [0.5, 0.6) is 0 Å². The minimum atomic E-state index is 0.576. The quantitative estimate of drug-likeness (QED) is 0.549. The molecule has 0 spiro atoms. The summed E-state index contributed by atoms with van der Waals surface area (Å²) < 4.78 is 0. The van der Waals surface area contributed by atoms with Crippen LogP contribution < -0.4 is 0 Å². The van der Waals surface area contributed by atoms with Crippen LogP contribution in [0.4, 0.5) is 0 Å². The highest BCUT2D eigenvalue weighted by atomic mass is 14.1. The second-order valence-electron chi connectivity index (χ2n) is 3.93. The Balaban J connectivity index is 4.36. The van der Waals surface area contributed by atoms with E-state index in [1.165, 1.54) is 17.6 Å². The Morgan fingerprint density at radius 3 is 2.08 bits per heavy atom. The van der Waals surface area contributed by atoms with E-state index >= 15 is 0 Å². The Morgan fingerprint density at radius 2 is 1.83 bits per heavy atom. The second-order valence-corrected chi connectivity index (χ2v) is 3.93. The third kappa shape index (κ3) is 3.75. The second kappa shape index (κ2) is 5.18. The molecule has 0 bridgehead atoms. The standard InChI is InChI=1S/C12H22/c1-7-12(10(4)5)8-11(6)9(2)3/h8-9,12H,4,7H2,1-3,5-6H3. The summed E-state index contributed by atoms with van der Waals surface area (Å²) >= 11 is 0. The van der Waals surface area contributed by atoms with E-state index in [0.29, 0.717) is 11.8 Å². The maximum atomic E-state index is 3.99. The van der Waals surface area contributed by atoms with Crippen molar-refractivity contribution in [3.8, 4) is 0 Å². The average molecular weight is 166 g/mol. The van der Waals surface area contributed by atoms with Crippen molar-refractivity contribution < 1.29 is 0 Å². The van der Waals surface area contributed by atoms with Gasteiger partial charge in [0.05, 0.1) is 0 Å². The van der Waals surface area contributed by atoms with Crippen molar-refractivity contribution in [2.24, 2.45) is 11.8 Å². The number of hydrogen-bond donors (Lipinski definition) is 0. The molecule has 0 aliphatic rings. The van der Waals surface area contributed by atoms with E-state index < -0.39 is 0 Å². The van der Waals surface area contributed by atoms with Gasteiger partial charge in [0.2, 0.25) is 0 Å². The average Bonchev–Trinajstić information content (AvgIpc) is 1.98. The molecule has 0 fully saturated rings. The van der Waals surface area contributed by atoms with Gasteiger partial charge in [0.1, 0.15) is 0 Å². The molecule has 0 N–H and O–H groups in total. The van der Waals surface area contributed by atoms with Crippen LogP contribution in [0, 0.1) is 11.8 Å². The fraction of sp³-hybridized carbons (Fsp3) is 0.667. The molecule has 0 aliphatic carbocycles. The zero-order valence-corrected chi connectivity index (χ0v) is 9.15. The van der Waals surface area contributed by atoms with E-state index in [-0.39, 0.29) is 0 Å². The van der Waals surface area contributed by atoms with E-state index in [1.807, 2.05) is 0 Å². The fourth-order valence-electron chi connectivity index (χ4n) is 1.12. The topological polar surface area (TPSA) is 0 Å². The van der Waals surface area contributed by atoms with E-state index in [4.69, 9.17) is 0 Å². The smallest absolute Gasteiger partial charge is 0.00287 e. The fourth-order valence-corrected chi connectivity index (χ4v) is 1.12. The summed E-state index contributed by atoms with van der Waals surface area (Å²) in [7, 11) is 0. The summed E-state index contributed by atoms with van der Waals surface area (Å²) in [5.41, 5.74) is 2.75. The van der Waals surface area contributed by atoms with E-state index in [1.54, 1.807) is 0 Å². The largest absolute Gasteiger partial charge is 0.0995 e. The lowest BCUT2D eigenvalue weighted by molar-refractivity contribution is 0.691. The van der Waals surface area contributed by atoms with Crippen LogP contribution in [0.1, 0.15) is 41.0 Å². The molecule has 0 amide bonds. The van der Waals surface area contributed by atoms with Gasteiger partial charge in [0.15, 0.2) is 0 Å². The van der Waals surface area contributed by atoms with Gasteiger partial charge in [-0.15, -0.1) is 0 Å². The van der Waals surface area contributed by atoms with Crippen LogP contribution in [0.2, 0.25) is 0 Å². The van der Waals surface area contributed by atoms with Gasteiger partial charge in [-0.25, -0.2) is 0 Å². The molecule has 0 radical (unpaired) electrons. The Kier molecular flexibility index (Phi) is 4.96. The molecular formula is C12H22. The van der Waals surface area contributed by atoms with Gasteiger partial charge >= 0.3 is 0 Å². The summed E-state index contributed by atoms with van der Waals surface area (Å²) in [5, 5.41) is 0. The Bertz CT molecular complexity index is 172. The predicted molar refractivity (Wildman–Crippen MR) is 57.2 cm³/mol. The van der Waals surface area contributed by atoms with Crippen molar-refractivity contribution in [1.82, 2.24) is 0 Å². The molecule has 0 heterocycles. The summed E-state index contributed by atoms with van der Waals surface area (Å²) in [6, 6.07) is 0. The van der Waals surface area contributed by atoms with Gasteiger partial charge in [-0.2, -0.15) is 0 Å². The first-order chi connectivity index (χ1) is 5.49. The molecule has 70 valence electrons. The van der Waals surface area contributed by atoms with E-state index in [2.05, 4.69) is 47.3 Å². The van der Waals surface area contributed by atoms with Gasteiger partial charge in [0, 0.05) is 0 Å². The van der Waals surface area contributed by atoms with Crippen LogP contribution in [0.3, 0.4) is 0 Å². The molecule has 0 aromatic rings. The van der Waals surface area contributed by atoms with E-state index in [9.17, 15) is 0 Å². The van der Waals surface area contributed by atoms with Crippen LogP contribution in [-0.2, 0) is 0 Å². The van der Waals surface area contributed by atoms with Crippen molar-refractivity contribution in [3.63, 3.8) is 0 Å². The molecule has 0 saturated carbocycles. The lowest BCUT2D eigenvalue weighted by Gasteiger charge is -2.13. The summed E-state index contributed by atoms with van der Waals surface area (Å²) in [5.74, 6) is 1.24. The molecular weight excluding hydrogens is 144 g/mol. The zero-order valence-electron chi connectivity index (χ0n) is 9.15. The SMILES string of the molecule is C=C(C)C(C=C(C)C(C)C)CC. The molecule has 0 aromatic heterocycles. The van der Waals surface area contributed by atoms with Gasteiger partial charge < -0.3 is 0 Å². The molecule has 0 rings (SSSR count). The minimum Gasteiger partial charge on any atom is -0.0995 e. The Hall–Kier alpha value is -0.520. The van der Waals surface area contributed by atoms with Gasteiger partial charge in [-0.3, -0.25) is 0 Å². The van der Waals surface area contributed by atoms with Gasteiger partial charge in [0.25, 0.3) is 0 Å². The minimum absolute atomic E-state index is 0.576. The first kappa shape index (κ1) is 11.5. The predicted octanol–water partition coefficient (Wildman–Crippen LogP) is 4.19. The van der Waals surface area contributed by atoms with Crippen LogP contribution >= 0.6 is 0 Å². The normalized spacial score (nSPS) is 15.0. The van der Waals surface area contributed by atoms with Crippen molar-refractivity contribution in [3.05, 3.63) is 23.8 Å². The lowest BCUT2D eigenvalue weighted by atomic mass is 9.93. The van der Waals surface area contributed by atoms with Crippen molar-refractivity contribution >= 4 is 0 Å². The maximum absolute atomic E-state index is 3.99. The molecule has 0 saturated heterocycles. The summed E-state index contributed by atoms with van der Waals surface area (Å²) in [6.07, 6.45) is 3.52. The van der Waals surface area contributed by atoms with Crippen LogP contribution in [-0.4, -0.2) is 0 Å². The molecule has 1 unspecified atom stereocenters. The first-order valence-corrected chi connectivity index (χ1v) is 4.82. The third-order valence-corrected chi connectivity index (χ3v) is 2.45. The Morgan fingerprint density at radius 1 is 1.33 bits per heavy atom. The van der Waals surface area contributed by atoms with Crippen molar-refractivity contribution in [2.75, 3.05) is 0 Å². The van der Waals surface area contributed by atoms with Gasteiger partial charge in [-0.05, 0) is 32.1 Å². The van der Waals surface area contributed by atoms with Crippen LogP contribution in [0.25, 0.3) is 0 Å². The highest BCUT2D eigenvalue weighted by Crippen LogP contribution is 2.19. The monoisotopic (exact) mass is 166 g/mol. The number of hydrogen-bond acceptors (Lipinski definition) is 0. The molecule has 0 heteroatoms. The third-order valence-electron chi connectivity index (χ3n) is 2.45. The molecule has 0 aromatic carbocycles. The van der Waals surface area contributed by atoms with Crippen molar-refractivity contribution in [2.45, 2.75) is 41.0 Å². The summed E-state index contributed by atoms with van der Waals surface area (Å²) in [4.78, 5) is 0. The number of allylic oxidation sites excluding steroid dienone is 3. The highest BCUT2D eigenvalue weighted by molar-refractivity contribution is 5.12. The lowest BCUT2D eigenvalue weighted by Crippen LogP contribution is -1.99. The first-order valence-electron chi connectivity index (χ1n) is 4.82. The Labute approximate surface area is 77.4 Å². The molecule has 0 nitrogen and oxygen atoms in total. The summed E-state index contributed by atoms with van der Waals surface area (Å²) in [6.45, 7) is 15.0. The van der Waals surface area contributed by atoms with Gasteiger partial charge in [-0.1, -0.05) is 44.6 Å². The molecule has 1 atom stereocenters. The molecule has 12 heavy (non-hydrogen) atoms. The van der Waals surface area contributed by atoms with Crippen LogP contribution in [0.15, 0.2) is 23.8 Å². The molecule has 0 aliphatic heterocycles. The van der Waals surface area contributed by atoms with Crippen molar-refractivity contribution in [1.29, 1.82) is 0 Å². The maximum Gasteiger partial charge on any atom is -0.00287 e. The highest BCUT2D eigenvalue weighted by Gasteiger charge is 2.04. The number of rotatable bonds is 4.